The molecule has 5 heteroatoms. The van der Waals surface area contributed by atoms with Crippen LogP contribution >= 0.6 is 11.8 Å². The number of rotatable bonds is 6. The van der Waals surface area contributed by atoms with Crippen LogP contribution < -0.4 is 0 Å². The summed E-state index contributed by atoms with van der Waals surface area (Å²) >= 11 is 1.61. The molecule has 4 nitrogen and oxygen atoms in total. The molecule has 1 rings (SSSR count). The molecule has 0 spiro atoms. The van der Waals surface area contributed by atoms with Gasteiger partial charge in [-0.1, -0.05) is 0 Å². The third-order valence-electron chi connectivity index (χ3n) is 1.96. The van der Waals surface area contributed by atoms with Crippen LogP contribution in [-0.2, 0) is 6.42 Å². The zero-order valence-corrected chi connectivity index (χ0v) is 9.52. The van der Waals surface area contributed by atoms with Gasteiger partial charge in [0.05, 0.1) is 17.9 Å². The van der Waals surface area contributed by atoms with E-state index in [2.05, 4.69) is 9.97 Å². The first kappa shape index (κ1) is 12.4. The number of aliphatic hydroxyl groups excluding tert-OH is 2. The standard InChI is InChI=1S/C10H16N2O2S/c1-8(13)10(14)7-15-5-2-9-6-11-3-4-12-9/h3-4,6,8,10,13-14H,2,5,7H2,1H3. The Kier molecular flexibility index (Phi) is 5.60. The van der Waals surface area contributed by atoms with Gasteiger partial charge in [0.1, 0.15) is 0 Å². The summed E-state index contributed by atoms with van der Waals surface area (Å²) in [5.41, 5.74) is 0.955. The second-order valence-corrected chi connectivity index (χ2v) is 4.48. The third-order valence-corrected chi connectivity index (χ3v) is 3.03. The smallest absolute Gasteiger partial charge is 0.0886 e. The van der Waals surface area contributed by atoms with Gasteiger partial charge in [-0.3, -0.25) is 9.97 Å². The van der Waals surface area contributed by atoms with Crippen molar-refractivity contribution in [2.24, 2.45) is 0 Å². The van der Waals surface area contributed by atoms with E-state index >= 15 is 0 Å². The first-order valence-corrected chi connectivity index (χ1v) is 6.04. The van der Waals surface area contributed by atoms with Crippen molar-refractivity contribution in [3.63, 3.8) is 0 Å². The molecule has 15 heavy (non-hydrogen) atoms. The van der Waals surface area contributed by atoms with E-state index in [-0.39, 0.29) is 0 Å². The lowest BCUT2D eigenvalue weighted by Crippen LogP contribution is -2.25. The molecule has 1 aromatic heterocycles. The molecule has 2 N–H and O–H groups in total. The summed E-state index contributed by atoms with van der Waals surface area (Å²) in [6.07, 6.45) is 4.60. The fourth-order valence-corrected chi connectivity index (χ4v) is 2.02. The average molecular weight is 228 g/mol. The van der Waals surface area contributed by atoms with E-state index < -0.39 is 12.2 Å². The molecule has 84 valence electrons. The van der Waals surface area contributed by atoms with Crippen LogP contribution in [0.2, 0.25) is 0 Å². The Morgan fingerprint density at radius 3 is 2.80 bits per heavy atom. The van der Waals surface area contributed by atoms with Crippen molar-refractivity contribution in [3.8, 4) is 0 Å². The second-order valence-electron chi connectivity index (χ2n) is 3.33. The van der Waals surface area contributed by atoms with Gasteiger partial charge in [0.2, 0.25) is 0 Å². The number of aromatic nitrogens is 2. The van der Waals surface area contributed by atoms with Crippen LogP contribution in [0.25, 0.3) is 0 Å². The third kappa shape index (κ3) is 5.11. The van der Waals surface area contributed by atoms with Crippen molar-refractivity contribution >= 4 is 11.8 Å². The summed E-state index contributed by atoms with van der Waals surface area (Å²) in [6, 6.07) is 0. The van der Waals surface area contributed by atoms with E-state index in [4.69, 9.17) is 5.11 Å². The molecule has 0 saturated heterocycles. The van der Waals surface area contributed by atoms with E-state index in [0.717, 1.165) is 17.9 Å². The summed E-state index contributed by atoms with van der Waals surface area (Å²) in [5.74, 6) is 1.43. The fraction of sp³-hybridized carbons (Fsp3) is 0.600. The highest BCUT2D eigenvalue weighted by Crippen LogP contribution is 2.08. The molecule has 0 amide bonds. The van der Waals surface area contributed by atoms with Crippen LogP contribution in [0.5, 0.6) is 0 Å². The maximum Gasteiger partial charge on any atom is 0.0886 e. The topological polar surface area (TPSA) is 66.2 Å². The minimum absolute atomic E-state index is 0.554. The molecule has 0 saturated carbocycles. The van der Waals surface area contributed by atoms with E-state index in [1.54, 1.807) is 37.3 Å². The lowest BCUT2D eigenvalue weighted by molar-refractivity contribution is 0.0469. The normalized spacial score (nSPS) is 14.9. The highest BCUT2D eigenvalue weighted by atomic mass is 32.2. The molecule has 0 aromatic carbocycles. The highest BCUT2D eigenvalue weighted by Gasteiger charge is 2.09. The van der Waals surface area contributed by atoms with Gasteiger partial charge in [0.25, 0.3) is 0 Å². The molecule has 0 aliphatic heterocycles. The summed E-state index contributed by atoms with van der Waals surface area (Å²) in [5, 5.41) is 18.4. The molecule has 0 fully saturated rings. The van der Waals surface area contributed by atoms with E-state index in [9.17, 15) is 5.11 Å². The first-order chi connectivity index (χ1) is 7.20. The van der Waals surface area contributed by atoms with Crippen molar-refractivity contribution in [1.29, 1.82) is 0 Å². The summed E-state index contributed by atoms with van der Waals surface area (Å²) in [7, 11) is 0. The van der Waals surface area contributed by atoms with Crippen LogP contribution in [0.15, 0.2) is 18.6 Å². The second kappa shape index (κ2) is 6.76. The molecule has 2 unspecified atom stereocenters. The maximum atomic E-state index is 9.32. The van der Waals surface area contributed by atoms with E-state index in [0.29, 0.717) is 5.75 Å². The van der Waals surface area contributed by atoms with Crippen molar-refractivity contribution in [2.45, 2.75) is 25.6 Å². The monoisotopic (exact) mass is 228 g/mol. The number of hydrogen-bond donors (Lipinski definition) is 2. The average Bonchev–Trinajstić information content (AvgIpc) is 2.25. The van der Waals surface area contributed by atoms with Gasteiger partial charge < -0.3 is 10.2 Å². The summed E-state index contributed by atoms with van der Waals surface area (Å²) in [4.78, 5) is 8.11. The van der Waals surface area contributed by atoms with E-state index in [1.165, 1.54) is 0 Å². The zero-order chi connectivity index (χ0) is 11.1. The van der Waals surface area contributed by atoms with Crippen LogP contribution in [-0.4, -0.2) is 43.9 Å². The van der Waals surface area contributed by atoms with E-state index in [1.807, 2.05) is 0 Å². The van der Waals surface area contributed by atoms with Gasteiger partial charge in [-0.2, -0.15) is 11.8 Å². The van der Waals surface area contributed by atoms with Gasteiger partial charge in [0.15, 0.2) is 0 Å². The SMILES string of the molecule is CC(O)C(O)CSCCc1cnccn1. The number of aryl methyl sites for hydroxylation is 1. The van der Waals surface area contributed by atoms with Crippen molar-refractivity contribution in [3.05, 3.63) is 24.3 Å². The number of hydrogen-bond acceptors (Lipinski definition) is 5. The Labute approximate surface area is 93.8 Å². The van der Waals surface area contributed by atoms with Gasteiger partial charge in [-0.05, 0) is 12.7 Å². The molecular formula is C10H16N2O2S. The molecule has 1 aromatic rings. The van der Waals surface area contributed by atoms with Gasteiger partial charge in [-0.15, -0.1) is 0 Å². The molecular weight excluding hydrogens is 212 g/mol. The number of thioether (sulfide) groups is 1. The Hall–Kier alpha value is -0.650. The quantitative estimate of drug-likeness (QED) is 0.694. The Morgan fingerprint density at radius 2 is 2.20 bits per heavy atom. The largest absolute Gasteiger partial charge is 0.391 e. The number of nitrogens with zero attached hydrogens (tertiary/aromatic N) is 2. The Morgan fingerprint density at radius 1 is 1.40 bits per heavy atom. The van der Waals surface area contributed by atoms with Crippen molar-refractivity contribution in [1.82, 2.24) is 9.97 Å². The van der Waals surface area contributed by atoms with Crippen LogP contribution in [0.4, 0.5) is 0 Å². The van der Waals surface area contributed by atoms with Gasteiger partial charge in [0, 0.05) is 30.8 Å². The minimum atomic E-state index is -0.658. The lowest BCUT2D eigenvalue weighted by atomic mass is 10.3. The maximum absolute atomic E-state index is 9.32. The molecule has 0 aliphatic rings. The molecule has 0 bridgehead atoms. The van der Waals surface area contributed by atoms with Gasteiger partial charge in [-0.25, -0.2) is 0 Å². The molecule has 1 heterocycles. The molecule has 2 atom stereocenters. The van der Waals surface area contributed by atoms with Crippen LogP contribution in [0.1, 0.15) is 12.6 Å². The van der Waals surface area contributed by atoms with Crippen molar-refractivity contribution in [2.75, 3.05) is 11.5 Å². The van der Waals surface area contributed by atoms with Crippen LogP contribution in [0, 0.1) is 0 Å². The zero-order valence-electron chi connectivity index (χ0n) is 8.71. The first-order valence-electron chi connectivity index (χ1n) is 4.89. The van der Waals surface area contributed by atoms with Crippen molar-refractivity contribution < 1.29 is 10.2 Å². The predicted octanol–water partition coefficient (Wildman–Crippen LogP) is 0.494. The minimum Gasteiger partial charge on any atom is -0.391 e. The summed E-state index contributed by atoms with van der Waals surface area (Å²) < 4.78 is 0. The predicted molar refractivity (Wildman–Crippen MR) is 60.7 cm³/mol. The molecule has 0 radical (unpaired) electrons. The van der Waals surface area contributed by atoms with Crippen LogP contribution in [0.3, 0.4) is 0 Å². The summed E-state index contributed by atoms with van der Waals surface area (Å²) in [6.45, 7) is 1.59. The Bertz CT molecular complexity index is 269. The highest BCUT2D eigenvalue weighted by molar-refractivity contribution is 7.99. The lowest BCUT2D eigenvalue weighted by Gasteiger charge is -2.12. The fourth-order valence-electron chi connectivity index (χ4n) is 0.979. The van der Waals surface area contributed by atoms with Gasteiger partial charge >= 0.3 is 0 Å². The molecule has 0 aliphatic carbocycles. The Balaban J connectivity index is 2.12. The number of aliphatic hydroxyl groups is 2.